The van der Waals surface area contributed by atoms with Gasteiger partial charge in [0.2, 0.25) is 0 Å². The number of aliphatic hydroxyl groups excluding tert-OH is 2. The number of aliphatic hydroxyl groups is 2. The van der Waals surface area contributed by atoms with Gasteiger partial charge in [-0.1, -0.05) is 5.92 Å². The molecule has 1 unspecified atom stereocenters. The molecule has 1 aromatic heterocycles. The number of aromatic nitrogens is 2. The van der Waals surface area contributed by atoms with E-state index in [2.05, 4.69) is 5.92 Å². The molecule has 20 heavy (non-hydrogen) atoms. The summed E-state index contributed by atoms with van der Waals surface area (Å²) in [6.07, 6.45) is 4.06. The highest BCUT2D eigenvalue weighted by Crippen LogP contribution is 2.35. The molecule has 0 bridgehead atoms. The lowest BCUT2D eigenvalue weighted by Gasteiger charge is -2.23. The number of nitrogens with one attached hydrogen (secondary N) is 1. The Bertz CT molecular complexity index is 722. The van der Waals surface area contributed by atoms with Crippen molar-refractivity contribution in [3.8, 4) is 18.4 Å². The van der Waals surface area contributed by atoms with Crippen LogP contribution in [-0.2, 0) is 4.74 Å². The van der Waals surface area contributed by atoms with Crippen molar-refractivity contribution in [2.24, 2.45) is 0 Å². The summed E-state index contributed by atoms with van der Waals surface area (Å²) < 4.78 is 6.32. The lowest BCUT2D eigenvalue weighted by molar-refractivity contribution is -0.0912. The van der Waals surface area contributed by atoms with Crippen molar-refractivity contribution in [3.63, 3.8) is 0 Å². The normalized spacial score (nSPS) is 28.8. The minimum atomic E-state index is -1.60. The minimum absolute atomic E-state index is 0.0540. The van der Waals surface area contributed by atoms with Crippen LogP contribution in [0.2, 0.25) is 0 Å². The molecule has 1 saturated heterocycles. The first-order chi connectivity index (χ1) is 9.47. The van der Waals surface area contributed by atoms with E-state index in [0.717, 1.165) is 10.8 Å². The Kier molecular flexibility index (Phi) is 3.47. The maximum Gasteiger partial charge on any atom is 0.330 e. The Hall–Kier alpha value is -2.39. The molecular formula is C12H11N3O5. The number of hydrogen-bond acceptors (Lipinski definition) is 6. The summed E-state index contributed by atoms with van der Waals surface area (Å²) in [5, 5.41) is 27.9. The summed E-state index contributed by atoms with van der Waals surface area (Å²) in [5.74, 6) is 2.16. The molecule has 8 nitrogen and oxygen atoms in total. The molecule has 0 saturated carbocycles. The Morgan fingerprint density at radius 1 is 1.65 bits per heavy atom. The van der Waals surface area contributed by atoms with E-state index in [4.69, 9.17) is 16.4 Å². The van der Waals surface area contributed by atoms with Crippen LogP contribution in [0, 0.1) is 23.7 Å². The van der Waals surface area contributed by atoms with E-state index in [9.17, 15) is 19.8 Å². The molecule has 1 fully saturated rings. The maximum atomic E-state index is 11.7. The Labute approximate surface area is 112 Å². The van der Waals surface area contributed by atoms with Crippen molar-refractivity contribution in [1.82, 2.24) is 9.55 Å². The third-order valence-electron chi connectivity index (χ3n) is 3.19. The van der Waals surface area contributed by atoms with Gasteiger partial charge in [-0.25, -0.2) is 4.79 Å². The third kappa shape index (κ3) is 2.02. The molecule has 0 amide bonds. The number of hydrogen-bond donors (Lipinski definition) is 3. The molecule has 8 heteroatoms. The van der Waals surface area contributed by atoms with E-state index in [1.165, 1.54) is 0 Å². The van der Waals surface area contributed by atoms with Crippen LogP contribution < -0.4 is 11.2 Å². The van der Waals surface area contributed by atoms with Gasteiger partial charge in [-0.2, -0.15) is 5.26 Å². The van der Waals surface area contributed by atoms with E-state index in [1.54, 1.807) is 6.07 Å². The number of H-pyrrole nitrogens is 1. The zero-order valence-electron chi connectivity index (χ0n) is 10.2. The van der Waals surface area contributed by atoms with Gasteiger partial charge >= 0.3 is 5.69 Å². The fourth-order valence-corrected chi connectivity index (χ4v) is 2.02. The lowest BCUT2D eigenvalue weighted by Crippen LogP contribution is -2.41. The van der Waals surface area contributed by atoms with E-state index in [0.29, 0.717) is 0 Å². The van der Waals surface area contributed by atoms with Gasteiger partial charge in [0.05, 0.1) is 6.61 Å². The second-order valence-electron chi connectivity index (χ2n) is 4.34. The topological polar surface area (TPSA) is 128 Å². The van der Waals surface area contributed by atoms with Crippen LogP contribution in [0.4, 0.5) is 0 Å². The van der Waals surface area contributed by atoms with Crippen molar-refractivity contribution in [2.45, 2.75) is 24.4 Å². The zero-order valence-corrected chi connectivity index (χ0v) is 10.2. The second kappa shape index (κ2) is 4.94. The van der Waals surface area contributed by atoms with Crippen LogP contribution in [0.15, 0.2) is 15.8 Å². The molecule has 0 spiro atoms. The minimum Gasteiger partial charge on any atom is -0.392 e. The van der Waals surface area contributed by atoms with E-state index >= 15 is 0 Å². The highest BCUT2D eigenvalue weighted by atomic mass is 16.6. The molecule has 0 radical (unpaired) electrons. The number of rotatable bonds is 2. The predicted molar refractivity (Wildman–Crippen MR) is 65.4 cm³/mol. The van der Waals surface area contributed by atoms with Crippen LogP contribution in [0.25, 0.3) is 0 Å². The van der Waals surface area contributed by atoms with Crippen LogP contribution in [0.1, 0.15) is 18.2 Å². The SMILES string of the molecule is C#C[C@]1(CO)OC(n2cc(C#N)c(=O)[nH]c2=O)C[C@@H]1O. The highest BCUT2D eigenvalue weighted by Gasteiger charge is 2.47. The van der Waals surface area contributed by atoms with Crippen LogP contribution in [-0.4, -0.2) is 38.1 Å². The fraction of sp³-hybridized carbons (Fsp3) is 0.417. The number of aromatic amines is 1. The number of ether oxygens (including phenoxy) is 1. The Morgan fingerprint density at radius 3 is 2.85 bits per heavy atom. The number of terminal acetylenes is 1. The van der Waals surface area contributed by atoms with E-state index in [-0.39, 0.29) is 12.0 Å². The summed E-state index contributed by atoms with van der Waals surface area (Å²) >= 11 is 0. The highest BCUT2D eigenvalue weighted by molar-refractivity contribution is 5.22. The summed E-state index contributed by atoms with van der Waals surface area (Å²) in [6, 6.07) is 1.64. The summed E-state index contributed by atoms with van der Waals surface area (Å²) in [7, 11) is 0. The molecule has 1 aliphatic rings. The van der Waals surface area contributed by atoms with E-state index in [1.807, 2.05) is 4.98 Å². The van der Waals surface area contributed by atoms with Gasteiger partial charge in [0.25, 0.3) is 5.56 Å². The van der Waals surface area contributed by atoms with Crippen molar-refractivity contribution < 1.29 is 14.9 Å². The van der Waals surface area contributed by atoms with Gasteiger partial charge in [0, 0.05) is 12.6 Å². The second-order valence-corrected chi connectivity index (χ2v) is 4.34. The van der Waals surface area contributed by atoms with Gasteiger partial charge in [0.1, 0.15) is 24.0 Å². The molecule has 104 valence electrons. The van der Waals surface area contributed by atoms with Gasteiger partial charge < -0.3 is 14.9 Å². The lowest BCUT2D eigenvalue weighted by atomic mass is 9.99. The zero-order chi connectivity index (χ0) is 14.9. The van der Waals surface area contributed by atoms with Gasteiger partial charge in [0.15, 0.2) is 5.60 Å². The first-order valence-corrected chi connectivity index (χ1v) is 5.67. The van der Waals surface area contributed by atoms with Crippen LogP contribution in [0.5, 0.6) is 0 Å². The molecule has 0 aromatic carbocycles. The average molecular weight is 277 g/mol. The van der Waals surface area contributed by atoms with Crippen molar-refractivity contribution in [3.05, 3.63) is 32.6 Å². The molecule has 0 aliphatic carbocycles. The standard InChI is InChI=1S/C12H11N3O5/c1-2-12(6-16)8(17)3-9(20-12)15-5-7(4-13)10(18)14-11(15)19/h1,5,8-9,16-17H,3,6H2,(H,14,18,19)/t8-,9?,12+/m0/s1. The molecule has 3 N–H and O–H groups in total. The quantitative estimate of drug-likeness (QED) is 0.539. The van der Waals surface area contributed by atoms with Crippen molar-refractivity contribution >= 4 is 0 Å². The number of nitriles is 1. The fourth-order valence-electron chi connectivity index (χ4n) is 2.02. The smallest absolute Gasteiger partial charge is 0.330 e. The summed E-state index contributed by atoms with van der Waals surface area (Å²) in [4.78, 5) is 25.0. The van der Waals surface area contributed by atoms with Gasteiger partial charge in [-0.05, 0) is 0 Å². The summed E-state index contributed by atoms with van der Waals surface area (Å²) in [5.41, 5.74) is -3.48. The maximum absolute atomic E-state index is 11.7. The van der Waals surface area contributed by atoms with Gasteiger partial charge in [-0.15, -0.1) is 6.42 Å². The molecule has 1 aromatic rings. The monoisotopic (exact) mass is 277 g/mol. The Balaban J connectivity index is 2.46. The Morgan fingerprint density at radius 2 is 2.35 bits per heavy atom. The molecular weight excluding hydrogens is 266 g/mol. The molecule has 2 rings (SSSR count). The van der Waals surface area contributed by atoms with Crippen molar-refractivity contribution in [2.75, 3.05) is 6.61 Å². The number of nitrogens with zero attached hydrogens (tertiary/aromatic N) is 2. The molecule has 3 atom stereocenters. The third-order valence-corrected chi connectivity index (χ3v) is 3.19. The first-order valence-electron chi connectivity index (χ1n) is 5.67. The molecule has 2 heterocycles. The van der Waals surface area contributed by atoms with Crippen LogP contribution in [0.3, 0.4) is 0 Å². The van der Waals surface area contributed by atoms with Crippen molar-refractivity contribution in [1.29, 1.82) is 5.26 Å². The van der Waals surface area contributed by atoms with E-state index < -0.39 is 35.8 Å². The predicted octanol–water partition coefficient (Wildman–Crippen LogP) is -1.95. The molecule has 1 aliphatic heterocycles. The van der Waals surface area contributed by atoms with Crippen LogP contribution >= 0.6 is 0 Å². The largest absolute Gasteiger partial charge is 0.392 e. The van der Waals surface area contributed by atoms with Gasteiger partial charge in [-0.3, -0.25) is 14.3 Å². The first kappa shape index (κ1) is 14.0. The average Bonchev–Trinajstić information content (AvgIpc) is 2.76. The summed E-state index contributed by atoms with van der Waals surface area (Å²) in [6.45, 7) is -0.621.